The molecule has 0 aliphatic heterocycles. The lowest BCUT2D eigenvalue weighted by Crippen LogP contribution is -2.44. The minimum atomic E-state index is -0.736. The molecule has 0 aromatic heterocycles. The van der Waals surface area contributed by atoms with Gasteiger partial charge < -0.3 is 10.5 Å². The molecule has 3 nitrogen and oxygen atoms in total. The van der Waals surface area contributed by atoms with Crippen LogP contribution < -0.4 is 5.73 Å². The van der Waals surface area contributed by atoms with Gasteiger partial charge in [-0.2, -0.15) is 0 Å². The maximum atomic E-state index is 10.8. The fourth-order valence-corrected chi connectivity index (χ4v) is 0.988. The van der Waals surface area contributed by atoms with E-state index in [9.17, 15) is 4.79 Å². The third-order valence-corrected chi connectivity index (χ3v) is 1.98. The predicted molar refractivity (Wildman–Crippen MR) is 39.5 cm³/mol. The summed E-state index contributed by atoms with van der Waals surface area (Å²) in [5, 5.41) is 0. The topological polar surface area (TPSA) is 52.3 Å². The van der Waals surface area contributed by atoms with Crippen LogP contribution in [-0.2, 0) is 9.53 Å². The zero-order valence-electron chi connectivity index (χ0n) is 6.81. The van der Waals surface area contributed by atoms with Gasteiger partial charge in [-0.05, 0) is 12.8 Å². The number of ether oxygens (including phenoxy) is 1. The lowest BCUT2D eigenvalue weighted by molar-refractivity contribution is -0.140. The van der Waals surface area contributed by atoms with Crippen molar-refractivity contribution in [1.29, 1.82) is 0 Å². The number of hydrogen-bond acceptors (Lipinski definition) is 2. The van der Waals surface area contributed by atoms with Gasteiger partial charge in [-0.15, -0.1) is 0 Å². The van der Waals surface area contributed by atoms with E-state index in [2.05, 4.69) is 0 Å². The van der Waals surface area contributed by atoms with Crippen LogP contribution in [0.1, 0.15) is 26.7 Å². The van der Waals surface area contributed by atoms with Crippen molar-refractivity contribution in [2.75, 3.05) is 7.11 Å². The summed E-state index contributed by atoms with van der Waals surface area (Å²) in [5.74, 6) is -0.375. The smallest absolute Gasteiger partial charge is 0.249 e. The molecule has 0 atom stereocenters. The zero-order valence-corrected chi connectivity index (χ0v) is 6.81. The van der Waals surface area contributed by atoms with Crippen molar-refractivity contribution in [2.45, 2.75) is 32.3 Å². The molecule has 60 valence electrons. The van der Waals surface area contributed by atoms with Crippen LogP contribution in [0.4, 0.5) is 0 Å². The van der Waals surface area contributed by atoms with Gasteiger partial charge in [0.15, 0.2) is 0 Å². The first-order valence-electron chi connectivity index (χ1n) is 3.48. The quantitative estimate of drug-likeness (QED) is 0.632. The van der Waals surface area contributed by atoms with Crippen molar-refractivity contribution in [3.05, 3.63) is 0 Å². The number of amides is 1. The highest BCUT2D eigenvalue weighted by Gasteiger charge is 2.31. The van der Waals surface area contributed by atoms with E-state index in [4.69, 9.17) is 10.5 Å². The first kappa shape index (κ1) is 9.43. The molecular weight excluding hydrogens is 130 g/mol. The highest BCUT2D eigenvalue weighted by Crippen LogP contribution is 2.17. The van der Waals surface area contributed by atoms with Crippen molar-refractivity contribution in [1.82, 2.24) is 0 Å². The fraction of sp³-hybridized carbons (Fsp3) is 0.857. The third-order valence-electron chi connectivity index (χ3n) is 1.98. The molecule has 0 rings (SSSR count). The molecule has 0 saturated heterocycles. The van der Waals surface area contributed by atoms with E-state index in [1.54, 1.807) is 0 Å². The number of hydrogen-bond donors (Lipinski definition) is 1. The molecule has 3 heteroatoms. The summed E-state index contributed by atoms with van der Waals surface area (Å²) in [6.07, 6.45) is 1.27. The van der Waals surface area contributed by atoms with Gasteiger partial charge in [0.2, 0.25) is 5.91 Å². The van der Waals surface area contributed by atoms with E-state index in [1.807, 2.05) is 13.8 Å². The average Bonchev–Trinajstić information content (AvgIpc) is 1.92. The van der Waals surface area contributed by atoms with Gasteiger partial charge in [0.1, 0.15) is 5.60 Å². The van der Waals surface area contributed by atoms with E-state index < -0.39 is 5.60 Å². The largest absolute Gasteiger partial charge is 0.368 e. The third kappa shape index (κ3) is 1.48. The van der Waals surface area contributed by atoms with Crippen molar-refractivity contribution < 1.29 is 9.53 Å². The SMILES string of the molecule is CCC(CC)(OC)C(N)=O. The van der Waals surface area contributed by atoms with E-state index in [1.165, 1.54) is 7.11 Å². The first-order chi connectivity index (χ1) is 4.63. The van der Waals surface area contributed by atoms with Crippen LogP contribution in [0.5, 0.6) is 0 Å². The fourth-order valence-electron chi connectivity index (χ4n) is 0.988. The highest BCUT2D eigenvalue weighted by molar-refractivity contribution is 5.83. The summed E-state index contributed by atoms with van der Waals surface area (Å²) >= 11 is 0. The zero-order chi connectivity index (χ0) is 8.20. The number of rotatable bonds is 4. The standard InChI is InChI=1S/C7H15NO2/c1-4-7(5-2,10-3)6(8)9/h4-5H2,1-3H3,(H2,8,9). The van der Waals surface area contributed by atoms with Crippen LogP contribution in [0, 0.1) is 0 Å². The van der Waals surface area contributed by atoms with Crippen molar-refractivity contribution >= 4 is 5.91 Å². The summed E-state index contributed by atoms with van der Waals surface area (Å²) in [5.41, 5.74) is 4.40. The molecule has 1 amide bonds. The van der Waals surface area contributed by atoms with Crippen molar-refractivity contribution in [3.8, 4) is 0 Å². The van der Waals surface area contributed by atoms with Crippen molar-refractivity contribution in [2.24, 2.45) is 5.73 Å². The van der Waals surface area contributed by atoms with Gasteiger partial charge in [-0.1, -0.05) is 13.8 Å². The summed E-state index contributed by atoms with van der Waals surface area (Å²) in [6.45, 7) is 3.77. The molecule has 0 unspecified atom stereocenters. The summed E-state index contributed by atoms with van der Waals surface area (Å²) in [4.78, 5) is 10.8. The Kier molecular flexibility index (Phi) is 3.36. The molecular formula is C7H15NO2. The van der Waals surface area contributed by atoms with Crippen LogP contribution in [0.25, 0.3) is 0 Å². The van der Waals surface area contributed by atoms with Crippen LogP contribution in [0.2, 0.25) is 0 Å². The number of methoxy groups -OCH3 is 1. The van der Waals surface area contributed by atoms with Gasteiger partial charge in [-0.3, -0.25) is 4.79 Å². The molecule has 0 radical (unpaired) electrons. The van der Waals surface area contributed by atoms with Gasteiger partial charge in [0.05, 0.1) is 0 Å². The van der Waals surface area contributed by atoms with Gasteiger partial charge in [0, 0.05) is 7.11 Å². The Hall–Kier alpha value is -0.570. The molecule has 0 heterocycles. The molecule has 0 aromatic carbocycles. The number of nitrogens with two attached hydrogens (primary N) is 1. The predicted octanol–water partition coefficient (Wildman–Crippen LogP) is 0.677. The maximum Gasteiger partial charge on any atom is 0.249 e. The van der Waals surface area contributed by atoms with Gasteiger partial charge >= 0.3 is 0 Å². The second-order valence-electron chi connectivity index (χ2n) is 2.27. The average molecular weight is 145 g/mol. The Morgan fingerprint density at radius 2 is 1.90 bits per heavy atom. The monoisotopic (exact) mass is 145 g/mol. The van der Waals surface area contributed by atoms with Crippen LogP contribution in [0.15, 0.2) is 0 Å². The lowest BCUT2D eigenvalue weighted by atomic mass is 9.97. The normalized spacial score (nSPS) is 11.5. The molecule has 0 aliphatic rings. The first-order valence-corrected chi connectivity index (χ1v) is 3.48. The summed E-state index contributed by atoms with van der Waals surface area (Å²) in [7, 11) is 1.51. The van der Waals surface area contributed by atoms with Crippen LogP contribution in [0.3, 0.4) is 0 Å². The minimum Gasteiger partial charge on any atom is -0.368 e. The van der Waals surface area contributed by atoms with E-state index >= 15 is 0 Å². The van der Waals surface area contributed by atoms with Crippen molar-refractivity contribution in [3.63, 3.8) is 0 Å². The van der Waals surface area contributed by atoms with E-state index in [0.29, 0.717) is 12.8 Å². The Balaban J connectivity index is 4.31. The number of primary amides is 1. The second kappa shape index (κ2) is 3.56. The summed E-state index contributed by atoms with van der Waals surface area (Å²) in [6, 6.07) is 0. The molecule has 0 bridgehead atoms. The molecule has 2 N–H and O–H groups in total. The maximum absolute atomic E-state index is 10.8. The molecule has 0 fully saturated rings. The molecule has 0 saturated carbocycles. The van der Waals surface area contributed by atoms with Gasteiger partial charge in [0.25, 0.3) is 0 Å². The minimum absolute atomic E-state index is 0.375. The number of carbonyl (C=O) groups is 1. The summed E-state index contributed by atoms with van der Waals surface area (Å²) < 4.78 is 5.02. The van der Waals surface area contributed by atoms with Crippen LogP contribution >= 0.6 is 0 Å². The Labute approximate surface area is 61.5 Å². The van der Waals surface area contributed by atoms with E-state index in [-0.39, 0.29) is 5.91 Å². The van der Waals surface area contributed by atoms with Gasteiger partial charge in [-0.25, -0.2) is 0 Å². The molecule has 0 aromatic rings. The Morgan fingerprint density at radius 3 is 1.90 bits per heavy atom. The second-order valence-corrected chi connectivity index (χ2v) is 2.27. The van der Waals surface area contributed by atoms with Crippen LogP contribution in [-0.4, -0.2) is 18.6 Å². The molecule has 0 aliphatic carbocycles. The number of carbonyl (C=O) groups excluding carboxylic acids is 1. The lowest BCUT2D eigenvalue weighted by Gasteiger charge is -2.25. The van der Waals surface area contributed by atoms with E-state index in [0.717, 1.165) is 0 Å². The molecule has 0 spiro atoms. The molecule has 10 heavy (non-hydrogen) atoms. The Bertz CT molecular complexity index is 111. The highest BCUT2D eigenvalue weighted by atomic mass is 16.5. The Morgan fingerprint density at radius 1 is 1.50 bits per heavy atom.